The molecule has 1 rings (SSSR count). The van der Waals surface area contributed by atoms with Crippen molar-refractivity contribution in [3.63, 3.8) is 0 Å². The molecule has 0 bridgehead atoms. The fourth-order valence-electron chi connectivity index (χ4n) is 1.70. The Kier molecular flexibility index (Phi) is 7.43. The average Bonchev–Trinajstić information content (AvgIpc) is 2.38. The van der Waals surface area contributed by atoms with Crippen molar-refractivity contribution in [3.8, 4) is 5.75 Å². The Morgan fingerprint density at radius 3 is 2.71 bits per heavy atom. The van der Waals surface area contributed by atoms with Gasteiger partial charge in [0.2, 0.25) is 0 Å². The molecule has 0 aliphatic rings. The number of aliphatic hydroxyl groups excluding tert-OH is 1. The first-order valence-corrected chi connectivity index (χ1v) is 6.36. The molecule has 0 aromatic heterocycles. The van der Waals surface area contributed by atoms with Crippen LogP contribution in [0.3, 0.4) is 0 Å². The SMILES string of the molecule is CCC(CCO)CNCCOc1ccccc1. The lowest BCUT2D eigenvalue weighted by Crippen LogP contribution is -2.27. The molecule has 1 unspecified atom stereocenters. The Morgan fingerprint density at radius 1 is 1.29 bits per heavy atom. The summed E-state index contributed by atoms with van der Waals surface area (Å²) in [6, 6.07) is 9.83. The van der Waals surface area contributed by atoms with Crippen LogP contribution in [-0.2, 0) is 0 Å². The van der Waals surface area contributed by atoms with Crippen LogP contribution in [0.4, 0.5) is 0 Å². The minimum atomic E-state index is 0.278. The van der Waals surface area contributed by atoms with Crippen LogP contribution in [0.5, 0.6) is 5.75 Å². The van der Waals surface area contributed by atoms with E-state index < -0.39 is 0 Å². The molecule has 2 N–H and O–H groups in total. The van der Waals surface area contributed by atoms with E-state index in [0.717, 1.165) is 31.7 Å². The van der Waals surface area contributed by atoms with E-state index in [-0.39, 0.29) is 6.61 Å². The maximum Gasteiger partial charge on any atom is 0.119 e. The smallest absolute Gasteiger partial charge is 0.119 e. The third-order valence-electron chi connectivity index (χ3n) is 2.84. The number of ether oxygens (including phenoxy) is 1. The van der Waals surface area contributed by atoms with Gasteiger partial charge in [-0.1, -0.05) is 31.5 Å². The first-order chi connectivity index (χ1) is 8.36. The number of hydrogen-bond donors (Lipinski definition) is 2. The molecule has 17 heavy (non-hydrogen) atoms. The highest BCUT2D eigenvalue weighted by Crippen LogP contribution is 2.08. The molecular weight excluding hydrogens is 214 g/mol. The van der Waals surface area contributed by atoms with E-state index in [0.29, 0.717) is 12.5 Å². The Hall–Kier alpha value is -1.06. The predicted molar refractivity (Wildman–Crippen MR) is 70.3 cm³/mol. The predicted octanol–water partition coefficient (Wildman–Crippen LogP) is 2.06. The second-order valence-electron chi connectivity index (χ2n) is 4.15. The summed E-state index contributed by atoms with van der Waals surface area (Å²) in [5.41, 5.74) is 0. The molecular formula is C14H23NO2. The maximum absolute atomic E-state index is 8.87. The van der Waals surface area contributed by atoms with Gasteiger partial charge in [-0.2, -0.15) is 0 Å². The monoisotopic (exact) mass is 237 g/mol. The van der Waals surface area contributed by atoms with Crippen molar-refractivity contribution in [2.24, 2.45) is 5.92 Å². The van der Waals surface area contributed by atoms with E-state index in [9.17, 15) is 0 Å². The highest BCUT2D eigenvalue weighted by atomic mass is 16.5. The molecule has 1 atom stereocenters. The number of benzene rings is 1. The zero-order valence-corrected chi connectivity index (χ0v) is 10.6. The van der Waals surface area contributed by atoms with Gasteiger partial charge in [0.15, 0.2) is 0 Å². The second-order valence-corrected chi connectivity index (χ2v) is 4.15. The zero-order valence-electron chi connectivity index (χ0n) is 10.6. The van der Waals surface area contributed by atoms with Gasteiger partial charge in [-0.05, 0) is 31.0 Å². The summed E-state index contributed by atoms with van der Waals surface area (Å²) in [5.74, 6) is 1.48. The topological polar surface area (TPSA) is 41.5 Å². The zero-order chi connectivity index (χ0) is 12.3. The van der Waals surface area contributed by atoms with Crippen molar-refractivity contribution < 1.29 is 9.84 Å². The van der Waals surface area contributed by atoms with Gasteiger partial charge in [-0.25, -0.2) is 0 Å². The lowest BCUT2D eigenvalue weighted by molar-refractivity contribution is 0.247. The van der Waals surface area contributed by atoms with E-state index in [1.165, 1.54) is 0 Å². The molecule has 0 spiro atoms. The number of aliphatic hydroxyl groups is 1. The Morgan fingerprint density at radius 2 is 2.06 bits per heavy atom. The van der Waals surface area contributed by atoms with Gasteiger partial charge in [0, 0.05) is 13.2 Å². The van der Waals surface area contributed by atoms with Gasteiger partial charge < -0.3 is 15.2 Å². The van der Waals surface area contributed by atoms with Crippen molar-refractivity contribution in [2.75, 3.05) is 26.3 Å². The molecule has 0 aliphatic heterocycles. The summed E-state index contributed by atoms with van der Waals surface area (Å²) in [6.07, 6.45) is 1.98. The van der Waals surface area contributed by atoms with Gasteiger partial charge in [0.05, 0.1) is 0 Å². The van der Waals surface area contributed by atoms with Crippen molar-refractivity contribution >= 4 is 0 Å². The summed E-state index contributed by atoms with van der Waals surface area (Å²) in [5, 5.41) is 12.2. The minimum absolute atomic E-state index is 0.278. The number of rotatable bonds is 9. The minimum Gasteiger partial charge on any atom is -0.492 e. The van der Waals surface area contributed by atoms with E-state index in [1.54, 1.807) is 0 Å². The fraction of sp³-hybridized carbons (Fsp3) is 0.571. The quantitative estimate of drug-likeness (QED) is 0.646. The van der Waals surface area contributed by atoms with E-state index in [4.69, 9.17) is 9.84 Å². The lowest BCUT2D eigenvalue weighted by atomic mass is 10.0. The molecule has 0 saturated heterocycles. The van der Waals surface area contributed by atoms with Crippen molar-refractivity contribution in [1.29, 1.82) is 0 Å². The summed E-state index contributed by atoms with van der Waals surface area (Å²) in [4.78, 5) is 0. The number of para-hydroxylation sites is 1. The molecule has 0 radical (unpaired) electrons. The van der Waals surface area contributed by atoms with Crippen LogP contribution in [0.1, 0.15) is 19.8 Å². The normalized spacial score (nSPS) is 12.4. The molecule has 0 aliphatic carbocycles. The summed E-state index contributed by atoms with van der Waals surface area (Å²) >= 11 is 0. The average molecular weight is 237 g/mol. The first-order valence-electron chi connectivity index (χ1n) is 6.36. The van der Waals surface area contributed by atoms with Gasteiger partial charge in [-0.3, -0.25) is 0 Å². The van der Waals surface area contributed by atoms with E-state index >= 15 is 0 Å². The summed E-state index contributed by atoms with van der Waals surface area (Å²) in [7, 11) is 0. The molecule has 0 fully saturated rings. The van der Waals surface area contributed by atoms with Crippen LogP contribution in [0.15, 0.2) is 30.3 Å². The third kappa shape index (κ3) is 6.29. The van der Waals surface area contributed by atoms with E-state index in [2.05, 4.69) is 12.2 Å². The first kappa shape index (κ1) is 14.0. The molecule has 0 heterocycles. The van der Waals surface area contributed by atoms with Gasteiger partial charge >= 0.3 is 0 Å². The van der Waals surface area contributed by atoms with Gasteiger partial charge in [0.25, 0.3) is 0 Å². The highest BCUT2D eigenvalue weighted by Gasteiger charge is 2.04. The number of nitrogens with one attached hydrogen (secondary N) is 1. The Bertz CT molecular complexity index is 277. The fourth-order valence-corrected chi connectivity index (χ4v) is 1.70. The largest absolute Gasteiger partial charge is 0.492 e. The summed E-state index contributed by atoms with van der Waals surface area (Å²) < 4.78 is 5.57. The van der Waals surface area contributed by atoms with Crippen LogP contribution in [0.25, 0.3) is 0 Å². The van der Waals surface area contributed by atoms with Crippen LogP contribution >= 0.6 is 0 Å². The molecule has 1 aromatic carbocycles. The van der Waals surface area contributed by atoms with Crippen LogP contribution in [0.2, 0.25) is 0 Å². The molecule has 3 nitrogen and oxygen atoms in total. The van der Waals surface area contributed by atoms with E-state index in [1.807, 2.05) is 30.3 Å². The Balaban J connectivity index is 2.04. The van der Waals surface area contributed by atoms with Crippen LogP contribution in [-0.4, -0.2) is 31.4 Å². The van der Waals surface area contributed by atoms with Crippen molar-refractivity contribution in [2.45, 2.75) is 19.8 Å². The molecule has 96 valence electrons. The summed E-state index contributed by atoms with van der Waals surface area (Å²) in [6.45, 7) is 4.91. The van der Waals surface area contributed by atoms with Crippen LogP contribution < -0.4 is 10.1 Å². The van der Waals surface area contributed by atoms with Crippen molar-refractivity contribution in [1.82, 2.24) is 5.32 Å². The van der Waals surface area contributed by atoms with Gasteiger partial charge in [0.1, 0.15) is 12.4 Å². The standard InChI is InChI=1S/C14H23NO2/c1-2-13(8-10-16)12-15-9-11-17-14-6-4-3-5-7-14/h3-7,13,15-16H,2,8-12H2,1H3. The molecule has 0 saturated carbocycles. The Labute approximate surface area is 104 Å². The third-order valence-corrected chi connectivity index (χ3v) is 2.84. The lowest BCUT2D eigenvalue weighted by Gasteiger charge is -2.14. The van der Waals surface area contributed by atoms with Gasteiger partial charge in [-0.15, -0.1) is 0 Å². The maximum atomic E-state index is 8.87. The highest BCUT2D eigenvalue weighted by molar-refractivity contribution is 5.20. The second kappa shape index (κ2) is 9.02. The molecule has 3 heteroatoms. The molecule has 1 aromatic rings. The van der Waals surface area contributed by atoms with Crippen molar-refractivity contribution in [3.05, 3.63) is 30.3 Å². The number of hydrogen-bond acceptors (Lipinski definition) is 3. The molecule has 0 amide bonds. The van der Waals surface area contributed by atoms with Crippen LogP contribution in [0, 0.1) is 5.92 Å².